The summed E-state index contributed by atoms with van der Waals surface area (Å²) < 4.78 is 7.35. The zero-order chi connectivity index (χ0) is 18.6. The van der Waals surface area contributed by atoms with Crippen molar-refractivity contribution < 1.29 is 9.53 Å². The molecule has 6 nitrogen and oxygen atoms in total. The Morgan fingerprint density at radius 2 is 1.88 bits per heavy atom. The van der Waals surface area contributed by atoms with Crippen molar-refractivity contribution in [2.45, 2.75) is 66.2 Å². The number of benzene rings is 1. The average Bonchev–Trinajstić information content (AvgIpc) is 2.90. The van der Waals surface area contributed by atoms with Gasteiger partial charge >= 0.3 is 6.09 Å². The number of aryl methyl sites for hydroxylation is 1. The molecule has 0 radical (unpaired) electrons. The molecule has 6 heteroatoms. The highest BCUT2D eigenvalue weighted by molar-refractivity contribution is 5.68. The molecular weight excluding hydrogens is 316 g/mol. The van der Waals surface area contributed by atoms with Gasteiger partial charge in [0.2, 0.25) is 0 Å². The summed E-state index contributed by atoms with van der Waals surface area (Å²) in [6.45, 7) is 12.3. The van der Waals surface area contributed by atoms with Gasteiger partial charge in [-0.25, -0.2) is 4.79 Å². The number of ether oxygens (including phenoxy) is 1. The molecule has 0 aliphatic rings. The number of hydrogen-bond acceptors (Lipinski definition) is 4. The van der Waals surface area contributed by atoms with Crippen LogP contribution in [0, 0.1) is 6.92 Å². The maximum Gasteiger partial charge on any atom is 0.408 e. The van der Waals surface area contributed by atoms with Crippen molar-refractivity contribution in [2.24, 2.45) is 0 Å². The van der Waals surface area contributed by atoms with Gasteiger partial charge in [-0.1, -0.05) is 29.8 Å². The zero-order valence-corrected chi connectivity index (χ0v) is 16.0. The number of rotatable bonds is 5. The lowest BCUT2D eigenvalue weighted by Crippen LogP contribution is -2.35. The summed E-state index contributed by atoms with van der Waals surface area (Å²) in [7, 11) is 0. The first-order valence-electron chi connectivity index (χ1n) is 8.66. The number of carbonyl (C=O) groups excluding carboxylic acids is 1. The minimum absolute atomic E-state index is 0.283. The molecule has 1 N–H and O–H groups in total. The molecule has 0 saturated carbocycles. The van der Waals surface area contributed by atoms with E-state index < -0.39 is 11.7 Å². The molecule has 2 rings (SSSR count). The van der Waals surface area contributed by atoms with Crippen molar-refractivity contribution in [3.05, 3.63) is 47.0 Å². The minimum Gasteiger partial charge on any atom is -0.444 e. The predicted octanol–water partition coefficient (Wildman–Crippen LogP) is 3.78. The quantitative estimate of drug-likeness (QED) is 0.896. The van der Waals surface area contributed by atoms with Gasteiger partial charge in [-0.2, -0.15) is 0 Å². The SMILES string of the molecule is CCn1c(Cc2ccc(C)cc2)nnc1C(C)NC(=O)OC(C)(C)C. The van der Waals surface area contributed by atoms with Gasteiger partial charge in [0.15, 0.2) is 5.82 Å². The number of amides is 1. The highest BCUT2D eigenvalue weighted by Crippen LogP contribution is 2.16. The van der Waals surface area contributed by atoms with Crippen molar-refractivity contribution in [1.82, 2.24) is 20.1 Å². The number of alkyl carbamates (subject to hydrolysis) is 1. The second-order valence-electron chi connectivity index (χ2n) is 7.25. The van der Waals surface area contributed by atoms with Crippen molar-refractivity contribution in [3.8, 4) is 0 Å². The number of nitrogens with one attached hydrogen (secondary N) is 1. The van der Waals surface area contributed by atoms with Gasteiger partial charge in [0, 0.05) is 13.0 Å². The summed E-state index contributed by atoms with van der Waals surface area (Å²) in [5.41, 5.74) is 1.89. The Kier molecular flexibility index (Phi) is 5.82. The third kappa shape index (κ3) is 5.31. The molecule has 0 spiro atoms. The molecular formula is C19H28N4O2. The molecule has 0 aliphatic carbocycles. The first kappa shape index (κ1) is 19.0. The molecule has 1 aromatic heterocycles. The van der Waals surface area contributed by atoms with Crippen molar-refractivity contribution in [3.63, 3.8) is 0 Å². The number of nitrogens with zero attached hydrogens (tertiary/aromatic N) is 3. The minimum atomic E-state index is -0.529. The van der Waals surface area contributed by atoms with Crippen LogP contribution >= 0.6 is 0 Å². The van der Waals surface area contributed by atoms with E-state index in [1.807, 2.05) is 39.2 Å². The van der Waals surface area contributed by atoms with Gasteiger partial charge in [0.1, 0.15) is 11.4 Å². The van der Waals surface area contributed by atoms with Crippen molar-refractivity contribution in [1.29, 1.82) is 0 Å². The predicted molar refractivity (Wildman–Crippen MR) is 97.5 cm³/mol. The van der Waals surface area contributed by atoms with Gasteiger partial charge in [0.25, 0.3) is 0 Å². The van der Waals surface area contributed by atoms with Gasteiger partial charge in [-0.05, 0) is 47.1 Å². The van der Waals surface area contributed by atoms with E-state index in [0.29, 0.717) is 6.42 Å². The first-order chi connectivity index (χ1) is 11.7. The molecule has 0 saturated heterocycles. The topological polar surface area (TPSA) is 69.0 Å². The van der Waals surface area contributed by atoms with Gasteiger partial charge < -0.3 is 14.6 Å². The van der Waals surface area contributed by atoms with Crippen LogP contribution in [0.2, 0.25) is 0 Å². The normalized spacial score (nSPS) is 12.7. The molecule has 136 valence electrons. The van der Waals surface area contributed by atoms with Crippen LogP contribution in [-0.2, 0) is 17.7 Å². The van der Waals surface area contributed by atoms with Crippen LogP contribution in [0.15, 0.2) is 24.3 Å². The summed E-state index contributed by atoms with van der Waals surface area (Å²) in [6, 6.07) is 8.11. The van der Waals surface area contributed by atoms with Crippen LogP contribution in [-0.4, -0.2) is 26.5 Å². The van der Waals surface area contributed by atoms with E-state index >= 15 is 0 Å². The van der Waals surface area contributed by atoms with Crippen LogP contribution < -0.4 is 5.32 Å². The number of carbonyl (C=O) groups is 1. The highest BCUT2D eigenvalue weighted by Gasteiger charge is 2.22. The molecule has 25 heavy (non-hydrogen) atoms. The van der Waals surface area contributed by atoms with E-state index in [9.17, 15) is 4.79 Å². The first-order valence-corrected chi connectivity index (χ1v) is 8.66. The average molecular weight is 344 g/mol. The number of aromatic nitrogens is 3. The Bertz CT molecular complexity index is 714. The fourth-order valence-corrected chi connectivity index (χ4v) is 2.58. The van der Waals surface area contributed by atoms with Crippen LogP contribution in [0.3, 0.4) is 0 Å². The molecule has 0 aliphatic heterocycles. The zero-order valence-electron chi connectivity index (χ0n) is 16.0. The maximum absolute atomic E-state index is 12.0. The van der Waals surface area contributed by atoms with E-state index in [2.05, 4.69) is 46.7 Å². The fourth-order valence-electron chi connectivity index (χ4n) is 2.58. The van der Waals surface area contributed by atoms with E-state index in [4.69, 9.17) is 4.74 Å². The van der Waals surface area contributed by atoms with Gasteiger partial charge in [-0.15, -0.1) is 10.2 Å². The molecule has 1 unspecified atom stereocenters. The molecule has 1 amide bonds. The van der Waals surface area contributed by atoms with Crippen LogP contribution in [0.4, 0.5) is 4.79 Å². The Morgan fingerprint density at radius 3 is 2.44 bits per heavy atom. The summed E-state index contributed by atoms with van der Waals surface area (Å²) in [6.07, 6.45) is 0.256. The van der Waals surface area contributed by atoms with Crippen LogP contribution in [0.25, 0.3) is 0 Å². The lowest BCUT2D eigenvalue weighted by atomic mass is 10.1. The molecule has 2 aromatic rings. The Labute approximate surface area is 149 Å². The summed E-state index contributed by atoms with van der Waals surface area (Å²) in [5, 5.41) is 11.4. The highest BCUT2D eigenvalue weighted by atomic mass is 16.6. The van der Waals surface area contributed by atoms with E-state index in [-0.39, 0.29) is 6.04 Å². The van der Waals surface area contributed by atoms with Crippen molar-refractivity contribution in [2.75, 3.05) is 0 Å². The monoisotopic (exact) mass is 344 g/mol. The van der Waals surface area contributed by atoms with Gasteiger partial charge in [-0.3, -0.25) is 0 Å². The standard InChI is InChI=1S/C19H28N4O2/c1-7-23-16(12-15-10-8-13(2)9-11-15)21-22-17(23)14(3)20-18(24)25-19(4,5)6/h8-11,14H,7,12H2,1-6H3,(H,20,24). The molecule has 1 atom stereocenters. The fraction of sp³-hybridized carbons (Fsp3) is 0.526. The van der Waals surface area contributed by atoms with Crippen molar-refractivity contribution >= 4 is 6.09 Å². The smallest absolute Gasteiger partial charge is 0.408 e. The second-order valence-corrected chi connectivity index (χ2v) is 7.25. The molecule has 1 heterocycles. The lowest BCUT2D eigenvalue weighted by molar-refractivity contribution is 0.0505. The third-order valence-corrected chi connectivity index (χ3v) is 3.78. The Hall–Kier alpha value is -2.37. The van der Waals surface area contributed by atoms with Crippen LogP contribution in [0.5, 0.6) is 0 Å². The lowest BCUT2D eigenvalue weighted by Gasteiger charge is -2.22. The summed E-state index contributed by atoms with van der Waals surface area (Å²) in [5.74, 6) is 1.62. The number of hydrogen-bond donors (Lipinski definition) is 1. The van der Waals surface area contributed by atoms with E-state index in [0.717, 1.165) is 18.2 Å². The molecule has 1 aromatic carbocycles. The van der Waals surface area contributed by atoms with Crippen LogP contribution in [0.1, 0.15) is 63.4 Å². The summed E-state index contributed by atoms with van der Waals surface area (Å²) >= 11 is 0. The largest absolute Gasteiger partial charge is 0.444 e. The van der Waals surface area contributed by atoms with E-state index in [1.165, 1.54) is 11.1 Å². The van der Waals surface area contributed by atoms with Gasteiger partial charge in [0.05, 0.1) is 6.04 Å². The third-order valence-electron chi connectivity index (χ3n) is 3.78. The van der Waals surface area contributed by atoms with E-state index in [1.54, 1.807) is 0 Å². The maximum atomic E-state index is 12.0. The Morgan fingerprint density at radius 1 is 1.24 bits per heavy atom. The molecule has 0 bridgehead atoms. The molecule has 0 fully saturated rings. The summed E-state index contributed by atoms with van der Waals surface area (Å²) in [4.78, 5) is 12.0. The Balaban J connectivity index is 2.12. The second kappa shape index (κ2) is 7.68.